The van der Waals surface area contributed by atoms with Crippen LogP contribution in [0.2, 0.25) is 0 Å². The Balaban J connectivity index is 2.32. The molecule has 0 saturated heterocycles. The van der Waals surface area contributed by atoms with Gasteiger partial charge < -0.3 is 9.64 Å². The topological polar surface area (TPSA) is 24.8 Å². The lowest BCUT2D eigenvalue weighted by atomic mass is 10.1. The van der Waals surface area contributed by atoms with Gasteiger partial charge in [-0.2, -0.15) is 13.2 Å². The third kappa shape index (κ3) is 4.74. The smallest absolute Gasteiger partial charge is 0.419 e. The van der Waals surface area contributed by atoms with Gasteiger partial charge in [0.1, 0.15) is 17.3 Å². The van der Waals surface area contributed by atoms with Crippen LogP contribution in [0.25, 0.3) is 0 Å². The Kier molecular flexibility index (Phi) is 5.90. The number of alkyl halides is 3. The van der Waals surface area contributed by atoms with E-state index in [0.717, 1.165) is 12.6 Å². The van der Waals surface area contributed by atoms with Crippen LogP contribution < -0.4 is 4.74 Å². The molecule has 0 fully saturated rings. The maximum Gasteiger partial charge on any atom is 0.419 e. The molecule has 0 atom stereocenters. The number of rotatable bonds is 5. The molecule has 0 aliphatic rings. The molecule has 0 heterocycles. The average molecular weight is 368 g/mol. The zero-order valence-corrected chi connectivity index (χ0v) is 15.0. The van der Waals surface area contributed by atoms with Crippen molar-refractivity contribution in [2.75, 3.05) is 13.6 Å². The molecule has 7 heteroatoms. The van der Waals surface area contributed by atoms with E-state index in [2.05, 4.69) is 4.99 Å². The second kappa shape index (κ2) is 7.76. The van der Waals surface area contributed by atoms with Crippen LogP contribution in [0.3, 0.4) is 0 Å². The summed E-state index contributed by atoms with van der Waals surface area (Å²) in [5, 5.41) is 0. The van der Waals surface area contributed by atoms with Crippen molar-refractivity contribution in [1.82, 2.24) is 4.90 Å². The first-order chi connectivity index (χ1) is 12.1. The van der Waals surface area contributed by atoms with Crippen molar-refractivity contribution in [3.8, 4) is 11.5 Å². The molecule has 0 radical (unpaired) electrons. The van der Waals surface area contributed by atoms with Crippen molar-refractivity contribution in [2.45, 2.75) is 26.9 Å². The molecule has 0 saturated carbocycles. The molecule has 0 amide bonds. The first-order valence-corrected chi connectivity index (χ1v) is 8.02. The van der Waals surface area contributed by atoms with Crippen LogP contribution in [0.5, 0.6) is 11.5 Å². The summed E-state index contributed by atoms with van der Waals surface area (Å²) in [5.41, 5.74) is 0.792. The molecule has 0 aromatic heterocycles. The maximum atomic E-state index is 13.4. The zero-order chi connectivity index (χ0) is 19.5. The van der Waals surface area contributed by atoms with Gasteiger partial charge in [-0.3, -0.25) is 0 Å². The Hall–Kier alpha value is -2.57. The van der Waals surface area contributed by atoms with E-state index in [-0.39, 0.29) is 5.75 Å². The molecule has 0 aliphatic carbocycles. The predicted molar refractivity (Wildman–Crippen MR) is 93.8 cm³/mol. The highest BCUT2D eigenvalue weighted by Gasteiger charge is 2.34. The van der Waals surface area contributed by atoms with Crippen LogP contribution in [-0.4, -0.2) is 24.8 Å². The molecule has 2 aromatic carbocycles. The van der Waals surface area contributed by atoms with E-state index in [0.29, 0.717) is 28.6 Å². The first-order valence-electron chi connectivity index (χ1n) is 8.02. The summed E-state index contributed by atoms with van der Waals surface area (Å²) in [4.78, 5) is 6.26. The molecule has 0 spiro atoms. The third-order valence-electron chi connectivity index (χ3n) is 3.81. The van der Waals surface area contributed by atoms with Crippen LogP contribution >= 0.6 is 0 Å². The van der Waals surface area contributed by atoms with E-state index in [1.807, 2.05) is 18.9 Å². The highest BCUT2D eigenvalue weighted by atomic mass is 19.4. The summed E-state index contributed by atoms with van der Waals surface area (Å²) in [6.07, 6.45) is -3.08. The van der Waals surface area contributed by atoms with E-state index < -0.39 is 17.6 Å². The maximum absolute atomic E-state index is 13.4. The van der Waals surface area contributed by atoms with Gasteiger partial charge in [-0.05, 0) is 62.2 Å². The Labute approximate surface area is 149 Å². The molecule has 0 N–H and O–H groups in total. The van der Waals surface area contributed by atoms with Gasteiger partial charge in [0.05, 0.1) is 17.6 Å². The molecule has 2 rings (SSSR count). The molecule has 0 unspecified atom stereocenters. The van der Waals surface area contributed by atoms with Gasteiger partial charge in [0.15, 0.2) is 0 Å². The van der Waals surface area contributed by atoms with Crippen LogP contribution in [0.1, 0.15) is 23.6 Å². The van der Waals surface area contributed by atoms with Crippen LogP contribution in [-0.2, 0) is 6.18 Å². The summed E-state index contributed by atoms with van der Waals surface area (Å²) in [7, 11) is 1.90. The van der Waals surface area contributed by atoms with Crippen molar-refractivity contribution in [1.29, 1.82) is 0 Å². The van der Waals surface area contributed by atoms with Crippen molar-refractivity contribution in [2.24, 2.45) is 4.99 Å². The Bertz CT molecular complexity index is 793. The van der Waals surface area contributed by atoms with Gasteiger partial charge >= 0.3 is 6.18 Å². The van der Waals surface area contributed by atoms with Gasteiger partial charge in [-0.15, -0.1) is 0 Å². The van der Waals surface area contributed by atoms with E-state index >= 15 is 0 Å². The molecular formula is C19H20F4N2O. The Morgan fingerprint density at radius 2 is 1.73 bits per heavy atom. The molecule has 140 valence electrons. The number of hydrogen-bond acceptors (Lipinski definition) is 2. The normalized spacial score (nSPS) is 11.8. The predicted octanol–water partition coefficient (Wildman–Crippen LogP) is 5.87. The molecule has 3 nitrogen and oxygen atoms in total. The number of halogens is 4. The van der Waals surface area contributed by atoms with Crippen LogP contribution in [0.4, 0.5) is 23.2 Å². The minimum absolute atomic E-state index is 0.0770. The van der Waals surface area contributed by atoms with Gasteiger partial charge in [0, 0.05) is 13.6 Å². The fraction of sp³-hybridized carbons (Fsp3) is 0.316. The fourth-order valence-electron chi connectivity index (χ4n) is 2.31. The molecule has 26 heavy (non-hydrogen) atoms. The highest BCUT2D eigenvalue weighted by Crippen LogP contribution is 2.37. The monoisotopic (exact) mass is 368 g/mol. The average Bonchev–Trinajstić information content (AvgIpc) is 2.56. The van der Waals surface area contributed by atoms with Crippen molar-refractivity contribution >= 4 is 12.0 Å². The van der Waals surface area contributed by atoms with Gasteiger partial charge in [0.2, 0.25) is 0 Å². The lowest BCUT2D eigenvalue weighted by molar-refractivity contribution is -0.140. The van der Waals surface area contributed by atoms with Crippen LogP contribution in [0, 0.1) is 19.7 Å². The first kappa shape index (κ1) is 19.8. The second-order valence-corrected chi connectivity index (χ2v) is 5.97. The molecule has 0 aliphatic heterocycles. The number of benzene rings is 2. The second-order valence-electron chi connectivity index (χ2n) is 5.97. The summed E-state index contributed by atoms with van der Waals surface area (Å²) >= 11 is 0. The van der Waals surface area contributed by atoms with Gasteiger partial charge in [-0.25, -0.2) is 9.38 Å². The van der Waals surface area contributed by atoms with Gasteiger partial charge in [-0.1, -0.05) is 0 Å². The fourth-order valence-corrected chi connectivity index (χ4v) is 2.31. The lowest BCUT2D eigenvalue weighted by Gasteiger charge is -2.15. The van der Waals surface area contributed by atoms with Crippen molar-refractivity contribution < 1.29 is 22.3 Å². The number of aryl methyl sites for hydroxylation is 2. The van der Waals surface area contributed by atoms with Crippen LogP contribution in [0.15, 0.2) is 35.3 Å². The van der Waals surface area contributed by atoms with Crippen molar-refractivity contribution in [3.05, 3.63) is 52.8 Å². The quantitative estimate of drug-likeness (QED) is 0.375. The molecule has 2 aromatic rings. The van der Waals surface area contributed by atoms with E-state index in [1.54, 1.807) is 32.3 Å². The summed E-state index contributed by atoms with van der Waals surface area (Å²) in [6, 6.07) is 6.14. The minimum atomic E-state index is -4.78. The zero-order valence-electron chi connectivity index (χ0n) is 15.0. The van der Waals surface area contributed by atoms with E-state index in [9.17, 15) is 17.6 Å². The SMILES string of the molecule is CCN(C)C=Nc1cc(C)c(Oc2ccc(F)c(C(F)(F)F)c2)c(C)c1. The standard InChI is InChI=1S/C19H20F4N2O/c1-5-25(4)11-24-14-8-12(2)18(13(3)9-14)26-15-6-7-17(20)16(10-15)19(21,22)23/h6-11H,5H2,1-4H3. The number of ether oxygens (including phenoxy) is 1. The third-order valence-corrected chi connectivity index (χ3v) is 3.81. The van der Waals surface area contributed by atoms with E-state index in [1.165, 1.54) is 6.07 Å². The lowest BCUT2D eigenvalue weighted by Crippen LogP contribution is -2.14. The number of nitrogens with zero attached hydrogens (tertiary/aromatic N) is 2. The van der Waals surface area contributed by atoms with Gasteiger partial charge in [0.25, 0.3) is 0 Å². The number of hydrogen-bond donors (Lipinski definition) is 0. The Morgan fingerprint density at radius 3 is 2.27 bits per heavy atom. The molecule has 0 bridgehead atoms. The highest BCUT2D eigenvalue weighted by molar-refractivity contribution is 5.63. The summed E-state index contributed by atoms with van der Waals surface area (Å²) in [6.45, 7) is 6.37. The molecular weight excluding hydrogens is 348 g/mol. The van der Waals surface area contributed by atoms with Crippen molar-refractivity contribution in [3.63, 3.8) is 0 Å². The summed E-state index contributed by atoms with van der Waals surface area (Å²) < 4.78 is 57.5. The largest absolute Gasteiger partial charge is 0.457 e. The minimum Gasteiger partial charge on any atom is -0.457 e. The summed E-state index contributed by atoms with van der Waals surface area (Å²) in [5.74, 6) is -0.984. The van der Waals surface area contributed by atoms with E-state index in [4.69, 9.17) is 4.74 Å². The Morgan fingerprint density at radius 1 is 1.12 bits per heavy atom. The number of aliphatic imine (C=N–C) groups is 1.